The van der Waals surface area contributed by atoms with Crippen molar-refractivity contribution in [1.29, 1.82) is 0 Å². The highest BCUT2D eigenvalue weighted by atomic mass is 32.1. The van der Waals surface area contributed by atoms with Crippen LogP contribution in [0.5, 0.6) is 5.75 Å². The summed E-state index contributed by atoms with van der Waals surface area (Å²) in [5.41, 5.74) is 6.50. The number of piperidine rings is 1. The summed E-state index contributed by atoms with van der Waals surface area (Å²) in [5.74, 6) is 0.565. The van der Waals surface area contributed by atoms with Gasteiger partial charge in [-0.15, -0.1) is 21.5 Å². The van der Waals surface area contributed by atoms with Crippen molar-refractivity contribution in [3.05, 3.63) is 71.4 Å². The fourth-order valence-electron chi connectivity index (χ4n) is 9.46. The fraction of sp³-hybridized carbons (Fsp3) is 0.522. The van der Waals surface area contributed by atoms with Gasteiger partial charge in [0.1, 0.15) is 17.8 Å². The second kappa shape index (κ2) is 18.3. The number of carbonyl (C=O) groups excluding carboxylic acids is 3. The number of fused-ring (bicyclic) bond motifs is 3. The zero-order chi connectivity index (χ0) is 43.7. The maximum absolute atomic E-state index is 14.3. The van der Waals surface area contributed by atoms with Gasteiger partial charge in [0, 0.05) is 51.3 Å². The van der Waals surface area contributed by atoms with Gasteiger partial charge in [-0.1, -0.05) is 57.2 Å². The minimum Gasteiger partial charge on any atom is -0.507 e. The predicted octanol–water partition coefficient (Wildman–Crippen LogP) is 4.28. The average molecular weight is 865 g/mol. The third-order valence-electron chi connectivity index (χ3n) is 13.0. The first-order valence-electron chi connectivity index (χ1n) is 21.9. The van der Waals surface area contributed by atoms with Gasteiger partial charge in [0.15, 0.2) is 5.82 Å². The normalized spacial score (nSPS) is 22.0. The van der Waals surface area contributed by atoms with E-state index in [0.717, 1.165) is 91.9 Å². The largest absolute Gasteiger partial charge is 0.507 e. The van der Waals surface area contributed by atoms with E-state index < -0.39 is 23.6 Å². The number of aliphatic hydroxyl groups excluding tert-OH is 1. The number of aromatic hydroxyl groups is 1. The molecule has 4 aliphatic rings. The number of para-hydroxylation sites is 1. The molecule has 3 amide bonds. The number of benzene rings is 2. The van der Waals surface area contributed by atoms with Crippen LogP contribution in [0.3, 0.4) is 0 Å². The monoisotopic (exact) mass is 864 g/mol. The quantitative estimate of drug-likeness (QED) is 0.145. The van der Waals surface area contributed by atoms with Crippen LogP contribution >= 0.6 is 11.3 Å². The number of aromatic nitrogens is 3. The minimum absolute atomic E-state index is 0.0268. The van der Waals surface area contributed by atoms with E-state index in [0.29, 0.717) is 23.2 Å². The Balaban J connectivity index is 0.812. The molecule has 6 heterocycles. The first-order chi connectivity index (χ1) is 29.7. The fourth-order valence-corrected chi connectivity index (χ4v) is 10.3. The zero-order valence-electron chi connectivity index (χ0n) is 36.4. The van der Waals surface area contributed by atoms with Crippen molar-refractivity contribution in [2.24, 2.45) is 11.3 Å². The number of β-amino-alcohol motifs (C(OH)–C–C–N with tert-alkyl or cyclic N) is 1. The number of nitrogens with one attached hydrogen (secondary N) is 3. The van der Waals surface area contributed by atoms with Crippen molar-refractivity contribution in [2.75, 3.05) is 69.1 Å². The second-order valence-corrected chi connectivity index (χ2v) is 19.4. The molecule has 330 valence electrons. The van der Waals surface area contributed by atoms with Crippen molar-refractivity contribution < 1.29 is 24.6 Å². The van der Waals surface area contributed by atoms with Gasteiger partial charge in [-0.05, 0) is 80.4 Å². The van der Waals surface area contributed by atoms with Crippen LogP contribution in [0.4, 0.5) is 11.5 Å². The Morgan fingerprint density at radius 1 is 0.968 bits per heavy atom. The highest BCUT2D eigenvalue weighted by molar-refractivity contribution is 7.13. The molecule has 1 unspecified atom stereocenters. The summed E-state index contributed by atoms with van der Waals surface area (Å²) >= 11 is 1.59. The first kappa shape index (κ1) is 43.5. The lowest BCUT2D eigenvalue weighted by Crippen LogP contribution is -2.59. The molecule has 3 saturated heterocycles. The van der Waals surface area contributed by atoms with Gasteiger partial charge in [0.2, 0.25) is 17.7 Å². The summed E-state index contributed by atoms with van der Waals surface area (Å²) in [6, 6.07) is 15.5. The predicted molar refractivity (Wildman–Crippen MR) is 241 cm³/mol. The molecule has 2 aromatic heterocycles. The van der Waals surface area contributed by atoms with E-state index in [2.05, 4.69) is 45.8 Å². The van der Waals surface area contributed by atoms with Crippen LogP contribution in [-0.4, -0.2) is 141 Å². The Bertz CT molecular complexity index is 2240. The summed E-state index contributed by atoms with van der Waals surface area (Å²) in [6.07, 6.45) is 1.25. The molecule has 0 aliphatic carbocycles. The number of nitrogens with zero attached hydrogens (tertiary/aromatic N) is 7. The van der Waals surface area contributed by atoms with Gasteiger partial charge in [-0.2, -0.15) is 0 Å². The number of likely N-dealkylation sites (tertiary alicyclic amines) is 2. The number of amides is 3. The molecule has 0 saturated carbocycles. The molecule has 0 radical (unpaired) electrons. The topological polar surface area (TPSA) is 179 Å². The number of hydrogen-bond acceptors (Lipinski definition) is 13. The van der Waals surface area contributed by atoms with Crippen LogP contribution in [0.25, 0.3) is 21.7 Å². The zero-order valence-corrected chi connectivity index (χ0v) is 37.2. The smallest absolute Gasteiger partial charge is 0.246 e. The lowest BCUT2D eigenvalue weighted by molar-refractivity contribution is -0.144. The number of piperazine rings is 1. The summed E-state index contributed by atoms with van der Waals surface area (Å²) in [4.78, 5) is 55.7. The molecule has 5 atom stereocenters. The minimum atomic E-state index is -0.877. The van der Waals surface area contributed by atoms with Crippen molar-refractivity contribution in [3.63, 3.8) is 0 Å². The maximum atomic E-state index is 14.3. The van der Waals surface area contributed by atoms with E-state index in [9.17, 15) is 24.6 Å². The van der Waals surface area contributed by atoms with Crippen LogP contribution < -0.4 is 20.9 Å². The molecule has 16 heteroatoms. The maximum Gasteiger partial charge on any atom is 0.246 e. The van der Waals surface area contributed by atoms with Gasteiger partial charge >= 0.3 is 0 Å². The molecule has 3 fully saturated rings. The standard InChI is InChI=1S/C46H60N10O5S/c1-28(31-10-12-32(13-11-31)41-29(2)48-27-62-41)49-44(60)38-20-34(57)25-56(38)45(61)42(46(3,4)5)50-40(59)26-53-16-14-30(15-17-53)23-54-18-19-55-33(24-54)22-47-43-37(55)21-36(51-52-43)35-8-6-7-9-39(35)58/h6-13,21,27-28,30,33-34,38,42,57-58H,14-20,22-26H2,1-5H3,(H,47,52)(H,49,60)(H,50,59)/t28-,33?,34+,38-,42+/m0/s1. The SMILES string of the molecule is Cc1ncsc1-c1ccc([C@H](C)NC(=O)[C@@H]2C[C@@H](O)CN2C(=O)[C@@H](NC(=O)CN2CCC(CN3CCN4c5cc(-c6ccccc6O)nnc5NCC4C3)CC2)C(C)(C)C)cc1. The van der Waals surface area contributed by atoms with Crippen molar-refractivity contribution >= 4 is 40.6 Å². The molecule has 5 N–H and O–H groups in total. The van der Waals surface area contributed by atoms with Crippen molar-refractivity contribution in [1.82, 2.24) is 40.5 Å². The molecule has 8 rings (SSSR count). The van der Waals surface area contributed by atoms with Crippen LogP contribution in [0.15, 0.2) is 60.1 Å². The number of thiazole rings is 1. The Morgan fingerprint density at radius 2 is 1.73 bits per heavy atom. The number of hydrogen-bond donors (Lipinski definition) is 5. The number of phenolic OH excluding ortho intramolecular Hbond substituents is 1. The Morgan fingerprint density at radius 3 is 2.44 bits per heavy atom. The van der Waals surface area contributed by atoms with E-state index in [1.54, 1.807) is 23.5 Å². The van der Waals surface area contributed by atoms with E-state index >= 15 is 0 Å². The Labute approximate surface area is 367 Å². The van der Waals surface area contributed by atoms with Gasteiger partial charge in [-0.25, -0.2) is 4.98 Å². The van der Waals surface area contributed by atoms with Gasteiger partial charge in [-0.3, -0.25) is 24.2 Å². The lowest BCUT2D eigenvalue weighted by Gasteiger charge is -2.47. The third kappa shape index (κ3) is 9.58. The van der Waals surface area contributed by atoms with E-state index in [1.807, 2.05) is 82.6 Å². The number of carbonyl (C=O) groups is 3. The van der Waals surface area contributed by atoms with Gasteiger partial charge < -0.3 is 36.0 Å². The molecule has 2 aromatic carbocycles. The molecule has 4 aromatic rings. The van der Waals surface area contributed by atoms with Gasteiger partial charge in [0.05, 0.1) is 52.2 Å². The molecule has 0 bridgehead atoms. The number of aryl methyl sites for hydroxylation is 1. The summed E-state index contributed by atoms with van der Waals surface area (Å²) in [6.45, 7) is 16.0. The summed E-state index contributed by atoms with van der Waals surface area (Å²) in [7, 11) is 0. The molecular formula is C46H60N10O5S. The van der Waals surface area contributed by atoms with E-state index in [-0.39, 0.29) is 49.0 Å². The molecule has 15 nitrogen and oxygen atoms in total. The summed E-state index contributed by atoms with van der Waals surface area (Å²) in [5, 5.41) is 39.6. The third-order valence-corrected chi connectivity index (χ3v) is 14.0. The Kier molecular flexibility index (Phi) is 12.8. The van der Waals surface area contributed by atoms with Crippen LogP contribution in [0.2, 0.25) is 0 Å². The van der Waals surface area contributed by atoms with Crippen molar-refractivity contribution in [3.8, 4) is 27.4 Å². The Hall–Kier alpha value is -5.16. The first-order valence-corrected chi connectivity index (χ1v) is 22.8. The van der Waals surface area contributed by atoms with Crippen LogP contribution in [0.1, 0.15) is 64.3 Å². The number of aliphatic hydroxyl groups is 1. The van der Waals surface area contributed by atoms with Crippen LogP contribution in [-0.2, 0) is 14.4 Å². The molecular weight excluding hydrogens is 805 g/mol. The van der Waals surface area contributed by atoms with Gasteiger partial charge in [0.25, 0.3) is 0 Å². The van der Waals surface area contributed by atoms with Crippen LogP contribution in [0, 0.1) is 18.3 Å². The van der Waals surface area contributed by atoms with E-state index in [4.69, 9.17) is 0 Å². The number of rotatable bonds is 11. The molecule has 62 heavy (non-hydrogen) atoms. The van der Waals surface area contributed by atoms with Crippen molar-refractivity contribution in [2.45, 2.75) is 84.2 Å². The summed E-state index contributed by atoms with van der Waals surface area (Å²) < 4.78 is 0. The van der Waals surface area contributed by atoms with E-state index in [1.165, 1.54) is 4.90 Å². The number of anilines is 2. The highest BCUT2D eigenvalue weighted by Gasteiger charge is 2.45. The molecule has 4 aliphatic heterocycles. The lowest BCUT2D eigenvalue weighted by atomic mass is 9.85. The number of phenols is 1. The average Bonchev–Trinajstić information content (AvgIpc) is 3.87. The highest BCUT2D eigenvalue weighted by Crippen LogP contribution is 2.37. The molecule has 0 spiro atoms. The second-order valence-electron chi connectivity index (χ2n) is 18.6.